The molecule has 0 fully saturated rings. The molecule has 2 aromatic heterocycles. The van der Waals surface area contributed by atoms with Gasteiger partial charge in [-0.1, -0.05) is 20.8 Å². The van der Waals surface area contributed by atoms with Gasteiger partial charge in [0.2, 0.25) is 5.95 Å². The molecule has 162 valence electrons. The van der Waals surface area contributed by atoms with Crippen molar-refractivity contribution in [1.29, 1.82) is 0 Å². The number of methoxy groups -OCH3 is 2. The fourth-order valence-electron chi connectivity index (χ4n) is 3.09. The largest absolute Gasteiger partial charge is 0.468 e. The lowest BCUT2D eigenvalue weighted by atomic mass is 9.89. The Balaban J connectivity index is 2.30. The van der Waals surface area contributed by atoms with E-state index in [1.165, 1.54) is 30.8 Å². The van der Waals surface area contributed by atoms with Gasteiger partial charge >= 0.3 is 17.6 Å². The molecule has 0 aromatic carbocycles. The highest BCUT2D eigenvalue weighted by Crippen LogP contribution is 2.28. The first-order valence-corrected chi connectivity index (χ1v) is 9.18. The number of hydrazone groups is 1. The predicted octanol–water partition coefficient (Wildman–Crippen LogP) is -0.535. The lowest BCUT2D eigenvalue weighted by Crippen LogP contribution is -2.42. The minimum Gasteiger partial charge on any atom is -0.468 e. The summed E-state index contributed by atoms with van der Waals surface area (Å²) in [6.07, 6.45) is 0. The number of esters is 2. The zero-order chi connectivity index (χ0) is 22.4. The van der Waals surface area contributed by atoms with Crippen LogP contribution in [0, 0.1) is 5.41 Å². The molecule has 0 bridgehead atoms. The Morgan fingerprint density at radius 1 is 1.07 bits per heavy atom. The van der Waals surface area contributed by atoms with Gasteiger partial charge in [0.15, 0.2) is 11.2 Å². The minimum absolute atomic E-state index is 0.126. The van der Waals surface area contributed by atoms with Crippen LogP contribution in [0.15, 0.2) is 14.7 Å². The fraction of sp³-hybridized carbons (Fsp3) is 0.556. The van der Waals surface area contributed by atoms with Crippen molar-refractivity contribution in [3.05, 3.63) is 20.8 Å². The molecule has 12 nitrogen and oxygen atoms in total. The van der Waals surface area contributed by atoms with E-state index in [1.54, 1.807) is 4.57 Å². The van der Waals surface area contributed by atoms with Crippen LogP contribution in [0.1, 0.15) is 20.8 Å². The molecule has 0 aliphatic carbocycles. The Labute approximate surface area is 171 Å². The number of carbonyl (C=O) groups excluding carboxylic acids is 2. The van der Waals surface area contributed by atoms with E-state index < -0.39 is 29.7 Å². The molecule has 0 radical (unpaired) electrons. The van der Waals surface area contributed by atoms with Crippen LogP contribution in [-0.2, 0) is 39.2 Å². The second-order valence-corrected chi connectivity index (χ2v) is 7.91. The number of ether oxygens (including phenoxy) is 2. The minimum atomic E-state index is -0.726. The van der Waals surface area contributed by atoms with Gasteiger partial charge in [0.05, 0.1) is 26.5 Å². The number of aryl methyl sites for hydroxylation is 1. The molecular formula is C18H24N6O6. The molecule has 3 rings (SSSR count). The third kappa shape index (κ3) is 3.48. The van der Waals surface area contributed by atoms with Crippen LogP contribution in [0.3, 0.4) is 0 Å². The average Bonchev–Trinajstić information content (AvgIpc) is 3.08. The fourth-order valence-corrected chi connectivity index (χ4v) is 3.09. The van der Waals surface area contributed by atoms with Crippen LogP contribution in [-0.4, -0.2) is 57.1 Å². The zero-order valence-electron chi connectivity index (χ0n) is 17.8. The van der Waals surface area contributed by atoms with Crippen molar-refractivity contribution in [2.24, 2.45) is 17.6 Å². The molecule has 12 heteroatoms. The predicted molar refractivity (Wildman–Crippen MR) is 108 cm³/mol. The van der Waals surface area contributed by atoms with E-state index in [9.17, 15) is 19.2 Å². The van der Waals surface area contributed by atoms with Crippen molar-refractivity contribution in [1.82, 2.24) is 18.7 Å². The number of fused-ring (bicyclic) bond motifs is 3. The summed E-state index contributed by atoms with van der Waals surface area (Å²) >= 11 is 0. The molecule has 0 N–H and O–H groups in total. The van der Waals surface area contributed by atoms with Gasteiger partial charge in [-0.2, -0.15) is 10.1 Å². The number of hydrogen-bond donors (Lipinski definition) is 0. The molecule has 1 aliphatic heterocycles. The van der Waals surface area contributed by atoms with Gasteiger partial charge in [-0.25, -0.2) is 14.4 Å². The number of carbonyl (C=O) groups is 2. The first-order valence-electron chi connectivity index (χ1n) is 9.18. The summed E-state index contributed by atoms with van der Waals surface area (Å²) in [5.41, 5.74) is -0.793. The number of nitrogens with zero attached hydrogens (tertiary/aromatic N) is 6. The maximum Gasteiger partial charge on any atom is 0.333 e. The summed E-state index contributed by atoms with van der Waals surface area (Å²) in [5, 5.41) is 5.89. The van der Waals surface area contributed by atoms with Gasteiger partial charge in [-0.3, -0.25) is 23.5 Å². The van der Waals surface area contributed by atoms with Crippen LogP contribution in [0.2, 0.25) is 0 Å². The van der Waals surface area contributed by atoms with E-state index in [0.717, 1.165) is 4.57 Å². The molecule has 0 spiro atoms. The topological polar surface area (TPSA) is 130 Å². The van der Waals surface area contributed by atoms with Gasteiger partial charge in [-0.05, 0) is 0 Å². The van der Waals surface area contributed by atoms with Crippen LogP contribution in [0.25, 0.3) is 11.2 Å². The molecular weight excluding hydrogens is 396 g/mol. The molecule has 30 heavy (non-hydrogen) atoms. The van der Waals surface area contributed by atoms with Crippen LogP contribution in [0.4, 0.5) is 5.95 Å². The normalized spacial score (nSPS) is 13.8. The van der Waals surface area contributed by atoms with Crippen LogP contribution >= 0.6 is 0 Å². The maximum absolute atomic E-state index is 13.2. The molecule has 1 aliphatic rings. The van der Waals surface area contributed by atoms with Crippen molar-refractivity contribution < 1.29 is 19.1 Å². The van der Waals surface area contributed by atoms with Crippen molar-refractivity contribution >= 4 is 34.8 Å². The van der Waals surface area contributed by atoms with Crippen molar-refractivity contribution in [2.45, 2.75) is 33.9 Å². The van der Waals surface area contributed by atoms with Gasteiger partial charge < -0.3 is 9.47 Å². The quantitative estimate of drug-likeness (QED) is 0.603. The first kappa shape index (κ1) is 21.3. The van der Waals surface area contributed by atoms with Crippen LogP contribution in [0.5, 0.6) is 0 Å². The highest BCUT2D eigenvalue weighted by atomic mass is 16.5. The lowest BCUT2D eigenvalue weighted by Gasteiger charge is -2.30. The Kier molecular flexibility index (Phi) is 5.27. The van der Waals surface area contributed by atoms with Crippen LogP contribution < -0.4 is 16.3 Å². The van der Waals surface area contributed by atoms with Gasteiger partial charge in [0, 0.05) is 12.5 Å². The highest BCUT2D eigenvalue weighted by Gasteiger charge is 2.32. The number of aromatic nitrogens is 4. The van der Waals surface area contributed by atoms with Crippen molar-refractivity contribution in [2.75, 3.05) is 25.8 Å². The molecule has 0 atom stereocenters. The SMILES string of the molecule is COC(=O)CN1N=C(C(C)(C)C)Cn2c1nc1c2c(=O)n(CC(=O)OC)c(=O)n1C. The van der Waals surface area contributed by atoms with E-state index in [-0.39, 0.29) is 35.6 Å². The van der Waals surface area contributed by atoms with E-state index in [4.69, 9.17) is 4.74 Å². The van der Waals surface area contributed by atoms with Gasteiger partial charge in [0.25, 0.3) is 5.56 Å². The standard InChI is InChI=1S/C18H24N6O6/c1-18(2,3)10-7-22-13-14(19-16(22)24(20-10)9-12(26)30-6)21(4)17(28)23(15(13)27)8-11(25)29-5/h7-9H2,1-6H3. The third-order valence-electron chi connectivity index (χ3n) is 4.88. The van der Waals surface area contributed by atoms with E-state index in [1.807, 2.05) is 20.8 Å². The van der Waals surface area contributed by atoms with Gasteiger partial charge in [0.1, 0.15) is 13.1 Å². The zero-order valence-corrected chi connectivity index (χ0v) is 17.8. The monoisotopic (exact) mass is 420 g/mol. The smallest absolute Gasteiger partial charge is 0.333 e. The van der Waals surface area contributed by atoms with Gasteiger partial charge in [-0.15, -0.1) is 0 Å². The summed E-state index contributed by atoms with van der Waals surface area (Å²) in [6, 6.07) is 0. The average molecular weight is 420 g/mol. The van der Waals surface area contributed by atoms with E-state index >= 15 is 0 Å². The summed E-state index contributed by atoms with van der Waals surface area (Å²) in [7, 11) is 3.89. The second-order valence-electron chi connectivity index (χ2n) is 7.91. The Hall–Kier alpha value is -3.44. The number of hydrogen-bond acceptors (Lipinski definition) is 9. The highest BCUT2D eigenvalue weighted by molar-refractivity contribution is 5.93. The van der Waals surface area contributed by atoms with Crippen molar-refractivity contribution in [3.63, 3.8) is 0 Å². The summed E-state index contributed by atoms with van der Waals surface area (Å²) < 4.78 is 12.9. The summed E-state index contributed by atoms with van der Waals surface area (Å²) in [4.78, 5) is 53.8. The summed E-state index contributed by atoms with van der Waals surface area (Å²) in [6.45, 7) is 5.36. The lowest BCUT2D eigenvalue weighted by molar-refractivity contribution is -0.141. The van der Waals surface area contributed by atoms with E-state index in [2.05, 4.69) is 14.8 Å². The molecule has 0 amide bonds. The molecule has 3 heterocycles. The maximum atomic E-state index is 13.2. The number of anilines is 1. The number of rotatable bonds is 4. The molecule has 0 saturated heterocycles. The third-order valence-corrected chi connectivity index (χ3v) is 4.88. The Morgan fingerprint density at radius 2 is 1.67 bits per heavy atom. The first-order chi connectivity index (χ1) is 14.0. The molecule has 0 saturated carbocycles. The molecule has 0 unspecified atom stereocenters. The Bertz CT molecular complexity index is 1180. The van der Waals surface area contributed by atoms with E-state index in [0.29, 0.717) is 5.71 Å². The Morgan fingerprint density at radius 3 is 2.23 bits per heavy atom. The molecule has 2 aromatic rings. The van der Waals surface area contributed by atoms with Crippen molar-refractivity contribution in [3.8, 4) is 0 Å². The number of imidazole rings is 1. The second kappa shape index (κ2) is 7.43. The summed E-state index contributed by atoms with van der Waals surface area (Å²) in [5.74, 6) is -1.04.